The molecule has 3 rings (SSSR count). The van der Waals surface area contributed by atoms with Gasteiger partial charge in [-0.15, -0.1) is 11.3 Å². The fourth-order valence-corrected chi connectivity index (χ4v) is 3.51. The lowest BCUT2D eigenvalue weighted by molar-refractivity contribution is 0.468. The van der Waals surface area contributed by atoms with E-state index in [2.05, 4.69) is 9.97 Å². The van der Waals surface area contributed by atoms with Crippen LogP contribution in [0, 0.1) is 0 Å². The zero-order chi connectivity index (χ0) is 15.7. The van der Waals surface area contributed by atoms with Gasteiger partial charge in [0.1, 0.15) is 16.8 Å². The minimum absolute atomic E-state index is 0.216. The molecule has 6 nitrogen and oxygen atoms in total. The largest absolute Gasteiger partial charge is 0.437 e. The van der Waals surface area contributed by atoms with E-state index in [-0.39, 0.29) is 4.90 Å². The van der Waals surface area contributed by atoms with Crippen LogP contribution in [0.4, 0.5) is 0 Å². The van der Waals surface area contributed by atoms with Gasteiger partial charge in [-0.1, -0.05) is 0 Å². The molecule has 2 heterocycles. The Morgan fingerprint density at radius 3 is 2.50 bits per heavy atom. The van der Waals surface area contributed by atoms with Crippen molar-refractivity contribution in [3.63, 3.8) is 0 Å². The predicted octanol–water partition coefficient (Wildman–Crippen LogP) is 2.73. The maximum atomic E-state index is 12.0. The summed E-state index contributed by atoms with van der Waals surface area (Å²) in [4.78, 5) is 8.48. The van der Waals surface area contributed by atoms with Crippen molar-refractivity contribution in [1.82, 2.24) is 14.3 Å². The van der Waals surface area contributed by atoms with E-state index in [1.54, 1.807) is 12.1 Å². The second kappa shape index (κ2) is 5.64. The van der Waals surface area contributed by atoms with E-state index in [0.29, 0.717) is 11.6 Å². The molecule has 0 aliphatic rings. The number of hydrogen-bond acceptors (Lipinski definition) is 6. The Labute approximate surface area is 132 Å². The van der Waals surface area contributed by atoms with Gasteiger partial charge in [0.2, 0.25) is 15.9 Å². The second-order valence-corrected chi connectivity index (χ2v) is 7.74. The first-order valence-electron chi connectivity index (χ1n) is 6.37. The van der Waals surface area contributed by atoms with Gasteiger partial charge >= 0.3 is 0 Å². The number of hydrogen-bond donors (Lipinski definition) is 0. The smallest absolute Gasteiger partial charge is 0.242 e. The third-order valence-corrected chi connectivity index (χ3v) is 5.75. The van der Waals surface area contributed by atoms with Crippen molar-refractivity contribution in [3.05, 3.63) is 42.0 Å². The number of ether oxygens (including phenoxy) is 1. The molecule has 0 atom stereocenters. The minimum atomic E-state index is -3.44. The lowest BCUT2D eigenvalue weighted by atomic mass is 10.3. The maximum absolute atomic E-state index is 12.0. The number of thiophene rings is 1. The van der Waals surface area contributed by atoms with Crippen LogP contribution in [-0.4, -0.2) is 36.8 Å². The van der Waals surface area contributed by atoms with Crippen molar-refractivity contribution in [2.24, 2.45) is 0 Å². The molecule has 0 aliphatic carbocycles. The molecule has 0 bridgehead atoms. The first kappa shape index (κ1) is 14.9. The average molecular weight is 335 g/mol. The van der Waals surface area contributed by atoms with Gasteiger partial charge in [-0.3, -0.25) is 0 Å². The molecule has 3 aromatic rings. The topological polar surface area (TPSA) is 72.4 Å². The molecule has 0 fully saturated rings. The van der Waals surface area contributed by atoms with Crippen LogP contribution in [0.3, 0.4) is 0 Å². The molecular formula is C14H13N3O3S2. The van der Waals surface area contributed by atoms with Crippen molar-refractivity contribution >= 4 is 31.6 Å². The van der Waals surface area contributed by atoms with E-state index in [0.717, 1.165) is 10.2 Å². The Kier molecular flexibility index (Phi) is 3.81. The van der Waals surface area contributed by atoms with Crippen LogP contribution in [0.2, 0.25) is 0 Å². The molecule has 0 saturated heterocycles. The zero-order valence-corrected chi connectivity index (χ0v) is 13.6. The van der Waals surface area contributed by atoms with Crippen molar-refractivity contribution in [3.8, 4) is 11.6 Å². The summed E-state index contributed by atoms with van der Waals surface area (Å²) in [6.07, 6.45) is 1.44. The third kappa shape index (κ3) is 2.68. The molecule has 0 unspecified atom stereocenters. The van der Waals surface area contributed by atoms with E-state index in [1.807, 2.05) is 11.4 Å². The Bertz CT molecular complexity index is 902. The Morgan fingerprint density at radius 1 is 1.09 bits per heavy atom. The van der Waals surface area contributed by atoms with Gasteiger partial charge in [-0.05, 0) is 35.7 Å². The fraction of sp³-hybridized carbons (Fsp3) is 0.143. The summed E-state index contributed by atoms with van der Waals surface area (Å²) in [5.74, 6) is 0.981. The van der Waals surface area contributed by atoms with E-state index in [9.17, 15) is 8.42 Å². The van der Waals surface area contributed by atoms with Crippen LogP contribution in [0.5, 0.6) is 11.6 Å². The molecule has 8 heteroatoms. The van der Waals surface area contributed by atoms with Crippen LogP contribution >= 0.6 is 11.3 Å². The molecule has 1 aromatic carbocycles. The summed E-state index contributed by atoms with van der Waals surface area (Å²) in [7, 11) is -0.450. The van der Waals surface area contributed by atoms with Gasteiger partial charge in [0.25, 0.3) is 0 Å². The normalized spacial score (nSPS) is 12.0. The minimum Gasteiger partial charge on any atom is -0.437 e. The van der Waals surface area contributed by atoms with Crippen LogP contribution in [-0.2, 0) is 10.0 Å². The third-order valence-electron chi connectivity index (χ3n) is 3.03. The lowest BCUT2D eigenvalue weighted by Crippen LogP contribution is -2.22. The van der Waals surface area contributed by atoms with Crippen LogP contribution in [0.1, 0.15) is 0 Å². The highest BCUT2D eigenvalue weighted by atomic mass is 32.2. The summed E-state index contributed by atoms with van der Waals surface area (Å²) < 4.78 is 31.8. The van der Waals surface area contributed by atoms with Crippen LogP contribution in [0.25, 0.3) is 10.2 Å². The molecule has 22 heavy (non-hydrogen) atoms. The Balaban J connectivity index is 1.90. The van der Waals surface area contributed by atoms with Crippen molar-refractivity contribution in [2.45, 2.75) is 4.90 Å². The van der Waals surface area contributed by atoms with Gasteiger partial charge in [0, 0.05) is 14.1 Å². The van der Waals surface area contributed by atoms with Crippen LogP contribution in [0.15, 0.2) is 46.9 Å². The SMILES string of the molecule is CN(C)S(=O)(=O)c1ccc(Oc2ncnc3ccsc23)cc1. The Morgan fingerprint density at radius 2 is 1.82 bits per heavy atom. The van der Waals surface area contributed by atoms with Gasteiger partial charge in [-0.25, -0.2) is 22.7 Å². The summed E-state index contributed by atoms with van der Waals surface area (Å²) >= 11 is 1.49. The summed E-state index contributed by atoms with van der Waals surface area (Å²) in [6.45, 7) is 0. The van der Waals surface area contributed by atoms with Crippen molar-refractivity contribution in [1.29, 1.82) is 0 Å². The maximum Gasteiger partial charge on any atom is 0.242 e. The number of aromatic nitrogens is 2. The molecule has 0 spiro atoms. The van der Waals surface area contributed by atoms with Crippen molar-refractivity contribution < 1.29 is 13.2 Å². The number of rotatable bonds is 4. The van der Waals surface area contributed by atoms with E-state index < -0.39 is 10.0 Å². The summed E-state index contributed by atoms with van der Waals surface area (Å²) in [6, 6.07) is 8.13. The molecule has 0 amide bonds. The highest BCUT2D eigenvalue weighted by molar-refractivity contribution is 7.89. The van der Waals surface area contributed by atoms with Crippen LogP contribution < -0.4 is 4.74 Å². The molecular weight excluding hydrogens is 322 g/mol. The molecule has 114 valence electrons. The van der Waals surface area contributed by atoms with Gasteiger partial charge in [0.05, 0.1) is 10.4 Å². The van der Waals surface area contributed by atoms with E-state index >= 15 is 0 Å². The predicted molar refractivity (Wildman–Crippen MR) is 84.8 cm³/mol. The van der Waals surface area contributed by atoms with Gasteiger partial charge in [0.15, 0.2) is 0 Å². The van der Waals surface area contributed by atoms with E-state index in [4.69, 9.17) is 4.74 Å². The zero-order valence-electron chi connectivity index (χ0n) is 11.9. The number of fused-ring (bicyclic) bond motifs is 1. The molecule has 0 N–H and O–H groups in total. The highest BCUT2D eigenvalue weighted by Gasteiger charge is 2.17. The standard InChI is InChI=1S/C14H13N3O3S2/c1-17(2)22(18,19)11-5-3-10(4-6-11)20-14-13-12(7-8-21-13)15-9-16-14/h3-9H,1-2H3. The average Bonchev–Trinajstić information content (AvgIpc) is 2.97. The summed E-state index contributed by atoms with van der Waals surface area (Å²) in [5, 5.41) is 1.92. The second-order valence-electron chi connectivity index (χ2n) is 4.67. The van der Waals surface area contributed by atoms with Gasteiger partial charge in [-0.2, -0.15) is 0 Å². The van der Waals surface area contributed by atoms with E-state index in [1.165, 1.54) is 48.2 Å². The molecule has 0 saturated carbocycles. The monoisotopic (exact) mass is 335 g/mol. The molecule has 2 aromatic heterocycles. The first-order chi connectivity index (χ1) is 10.5. The summed E-state index contributed by atoms with van der Waals surface area (Å²) in [5.41, 5.74) is 0.821. The van der Waals surface area contributed by atoms with Crippen molar-refractivity contribution in [2.75, 3.05) is 14.1 Å². The highest BCUT2D eigenvalue weighted by Crippen LogP contribution is 2.30. The fourth-order valence-electron chi connectivity index (χ4n) is 1.84. The Hall–Kier alpha value is -2.03. The first-order valence-corrected chi connectivity index (χ1v) is 8.69. The number of benzene rings is 1. The van der Waals surface area contributed by atoms with Gasteiger partial charge < -0.3 is 4.74 Å². The molecule has 0 aliphatic heterocycles. The lowest BCUT2D eigenvalue weighted by Gasteiger charge is -2.11. The molecule has 0 radical (unpaired) electrons. The number of nitrogens with zero attached hydrogens (tertiary/aromatic N) is 3. The number of sulfonamides is 1. The quantitative estimate of drug-likeness (QED) is 0.733.